The lowest BCUT2D eigenvalue weighted by Gasteiger charge is -2.07. The Morgan fingerprint density at radius 3 is 3.00 bits per heavy atom. The first-order valence-electron chi connectivity index (χ1n) is 4.09. The van der Waals surface area contributed by atoms with Gasteiger partial charge >= 0.3 is 0 Å². The maximum atomic E-state index is 4.11. The van der Waals surface area contributed by atoms with Crippen LogP contribution in [-0.4, -0.2) is 10.2 Å². The molecule has 58 valence electrons. The topological polar surface area (TPSA) is 25.8 Å². The molecule has 0 saturated heterocycles. The summed E-state index contributed by atoms with van der Waals surface area (Å²) in [7, 11) is 0. The third-order valence-corrected chi connectivity index (χ3v) is 2.69. The first-order chi connectivity index (χ1) is 5.29. The van der Waals surface area contributed by atoms with Crippen molar-refractivity contribution in [1.82, 2.24) is 10.2 Å². The molecule has 1 aromatic rings. The molecule has 1 heterocycles. The van der Waals surface area contributed by atoms with Gasteiger partial charge in [-0.15, -0.1) is 0 Å². The normalized spacial score (nSPS) is 28.5. The summed E-state index contributed by atoms with van der Waals surface area (Å²) in [6.45, 7) is 4.53. The zero-order chi connectivity index (χ0) is 7.84. The van der Waals surface area contributed by atoms with Crippen LogP contribution in [0.15, 0.2) is 12.3 Å². The van der Waals surface area contributed by atoms with E-state index in [0.29, 0.717) is 5.92 Å². The van der Waals surface area contributed by atoms with E-state index in [1.165, 1.54) is 11.3 Å². The van der Waals surface area contributed by atoms with Crippen molar-refractivity contribution in [3.63, 3.8) is 0 Å². The Labute approximate surface area is 66.7 Å². The Balaban J connectivity index is 2.47. The van der Waals surface area contributed by atoms with Gasteiger partial charge in [-0.3, -0.25) is 0 Å². The highest BCUT2D eigenvalue weighted by atomic mass is 15.1. The summed E-state index contributed by atoms with van der Waals surface area (Å²) in [4.78, 5) is 0. The third-order valence-electron chi connectivity index (χ3n) is 2.69. The predicted molar refractivity (Wildman–Crippen MR) is 43.3 cm³/mol. The molecule has 1 aromatic heterocycles. The lowest BCUT2D eigenvalue weighted by atomic mass is 9.97. The minimum atomic E-state index is 0.667. The smallest absolute Gasteiger partial charge is 0.0668 e. The minimum Gasteiger partial charge on any atom is -0.159 e. The van der Waals surface area contributed by atoms with Crippen LogP contribution in [0.1, 0.15) is 31.0 Å². The Morgan fingerprint density at radius 2 is 2.27 bits per heavy atom. The van der Waals surface area contributed by atoms with Gasteiger partial charge in [0.2, 0.25) is 0 Å². The number of hydrogen-bond donors (Lipinski definition) is 0. The summed E-state index contributed by atoms with van der Waals surface area (Å²) in [6, 6.07) is 2.09. The van der Waals surface area contributed by atoms with Gasteiger partial charge in [-0.2, -0.15) is 10.2 Å². The van der Waals surface area contributed by atoms with Gasteiger partial charge < -0.3 is 0 Å². The number of hydrogen-bond acceptors (Lipinski definition) is 2. The Morgan fingerprint density at radius 1 is 1.45 bits per heavy atom. The van der Waals surface area contributed by atoms with Crippen molar-refractivity contribution in [2.75, 3.05) is 0 Å². The molecule has 0 spiro atoms. The van der Waals surface area contributed by atoms with Crippen LogP contribution in [0.3, 0.4) is 0 Å². The Kier molecular flexibility index (Phi) is 1.41. The number of fused-ring (bicyclic) bond motifs is 1. The summed E-state index contributed by atoms with van der Waals surface area (Å²) in [6.07, 6.45) is 2.89. The maximum Gasteiger partial charge on any atom is 0.0668 e. The summed E-state index contributed by atoms with van der Waals surface area (Å²) in [5.41, 5.74) is 2.60. The quantitative estimate of drug-likeness (QED) is 0.560. The van der Waals surface area contributed by atoms with Gasteiger partial charge in [0.15, 0.2) is 0 Å². The first kappa shape index (κ1) is 6.77. The van der Waals surface area contributed by atoms with E-state index in [1.807, 2.05) is 0 Å². The molecular formula is C9H12N2. The molecule has 1 aliphatic rings. The van der Waals surface area contributed by atoms with Crippen LogP contribution in [0.25, 0.3) is 0 Å². The fourth-order valence-electron chi connectivity index (χ4n) is 1.73. The fraction of sp³-hybridized carbons (Fsp3) is 0.556. The third kappa shape index (κ3) is 0.934. The van der Waals surface area contributed by atoms with E-state index in [1.54, 1.807) is 6.20 Å². The van der Waals surface area contributed by atoms with Gasteiger partial charge in [-0.05, 0) is 29.9 Å². The van der Waals surface area contributed by atoms with Crippen molar-refractivity contribution in [1.29, 1.82) is 0 Å². The van der Waals surface area contributed by atoms with E-state index in [4.69, 9.17) is 0 Å². The molecular weight excluding hydrogens is 136 g/mol. The van der Waals surface area contributed by atoms with Gasteiger partial charge in [-0.1, -0.05) is 13.8 Å². The molecule has 0 bridgehead atoms. The van der Waals surface area contributed by atoms with Gasteiger partial charge in [0, 0.05) is 6.20 Å². The Bertz CT molecular complexity index is 270. The van der Waals surface area contributed by atoms with Crippen LogP contribution in [0.2, 0.25) is 0 Å². The van der Waals surface area contributed by atoms with Crippen molar-refractivity contribution >= 4 is 0 Å². The lowest BCUT2D eigenvalue weighted by molar-refractivity contribution is 0.530. The molecule has 2 nitrogen and oxygen atoms in total. The van der Waals surface area contributed by atoms with Gasteiger partial charge in [0.25, 0.3) is 0 Å². The molecule has 11 heavy (non-hydrogen) atoms. The van der Waals surface area contributed by atoms with Crippen LogP contribution >= 0.6 is 0 Å². The number of rotatable bonds is 0. The second-order valence-electron chi connectivity index (χ2n) is 3.40. The van der Waals surface area contributed by atoms with Crippen LogP contribution in [0.4, 0.5) is 0 Å². The molecule has 0 aliphatic heterocycles. The second-order valence-corrected chi connectivity index (χ2v) is 3.40. The molecule has 0 saturated carbocycles. The highest BCUT2D eigenvalue weighted by Crippen LogP contribution is 2.35. The van der Waals surface area contributed by atoms with Crippen molar-refractivity contribution in [3.05, 3.63) is 23.5 Å². The first-order valence-corrected chi connectivity index (χ1v) is 4.09. The highest BCUT2D eigenvalue weighted by molar-refractivity contribution is 5.28. The standard InChI is InChI=1S/C9H12N2/c1-6-5-9-8(7(6)2)3-4-10-11-9/h3-4,6-7H,5H2,1-2H3. The van der Waals surface area contributed by atoms with Crippen molar-refractivity contribution < 1.29 is 0 Å². The molecule has 2 unspecified atom stereocenters. The van der Waals surface area contributed by atoms with Crippen LogP contribution in [-0.2, 0) is 6.42 Å². The summed E-state index contributed by atoms with van der Waals surface area (Å²) in [5, 5.41) is 7.99. The van der Waals surface area contributed by atoms with Crippen LogP contribution in [0.5, 0.6) is 0 Å². The lowest BCUT2D eigenvalue weighted by Crippen LogP contribution is -1.97. The average molecular weight is 148 g/mol. The molecule has 0 radical (unpaired) electrons. The monoisotopic (exact) mass is 148 g/mol. The molecule has 2 heteroatoms. The molecule has 0 fully saturated rings. The average Bonchev–Trinajstić information content (AvgIpc) is 2.30. The molecule has 0 aromatic carbocycles. The van der Waals surface area contributed by atoms with Crippen molar-refractivity contribution in [2.24, 2.45) is 5.92 Å². The fourth-order valence-corrected chi connectivity index (χ4v) is 1.73. The van der Waals surface area contributed by atoms with Crippen molar-refractivity contribution in [2.45, 2.75) is 26.2 Å². The molecule has 2 atom stereocenters. The van der Waals surface area contributed by atoms with Gasteiger partial charge in [-0.25, -0.2) is 0 Å². The second kappa shape index (κ2) is 2.29. The van der Waals surface area contributed by atoms with E-state index in [-0.39, 0.29) is 0 Å². The summed E-state index contributed by atoms with van der Waals surface area (Å²) < 4.78 is 0. The zero-order valence-corrected chi connectivity index (χ0v) is 6.91. The maximum absolute atomic E-state index is 4.11. The van der Waals surface area contributed by atoms with E-state index >= 15 is 0 Å². The predicted octanol–water partition coefficient (Wildman–Crippen LogP) is 1.77. The molecule has 2 rings (SSSR count). The van der Waals surface area contributed by atoms with Crippen LogP contribution < -0.4 is 0 Å². The SMILES string of the molecule is CC1Cc2nnccc2C1C. The van der Waals surface area contributed by atoms with E-state index < -0.39 is 0 Å². The summed E-state index contributed by atoms with van der Waals surface area (Å²) in [5.74, 6) is 1.40. The highest BCUT2D eigenvalue weighted by Gasteiger charge is 2.26. The van der Waals surface area contributed by atoms with Gasteiger partial charge in [0.05, 0.1) is 5.69 Å². The minimum absolute atomic E-state index is 0.667. The molecule has 0 N–H and O–H groups in total. The Hall–Kier alpha value is -0.920. The van der Waals surface area contributed by atoms with E-state index in [2.05, 4.69) is 30.1 Å². The van der Waals surface area contributed by atoms with E-state index in [9.17, 15) is 0 Å². The molecule has 1 aliphatic carbocycles. The largest absolute Gasteiger partial charge is 0.159 e. The number of nitrogens with zero attached hydrogens (tertiary/aromatic N) is 2. The van der Waals surface area contributed by atoms with Crippen molar-refractivity contribution in [3.8, 4) is 0 Å². The zero-order valence-electron chi connectivity index (χ0n) is 6.91. The van der Waals surface area contributed by atoms with E-state index in [0.717, 1.165) is 12.3 Å². The van der Waals surface area contributed by atoms with Gasteiger partial charge in [0.1, 0.15) is 0 Å². The molecule has 0 amide bonds. The summed E-state index contributed by atoms with van der Waals surface area (Å²) >= 11 is 0. The number of aromatic nitrogens is 2. The van der Waals surface area contributed by atoms with Crippen LogP contribution in [0, 0.1) is 5.92 Å².